The Labute approximate surface area is 183 Å². The lowest BCUT2D eigenvalue weighted by molar-refractivity contribution is -0.122. The minimum absolute atomic E-state index is 0.0940. The Balaban J connectivity index is 1.54. The van der Waals surface area contributed by atoms with E-state index in [-0.39, 0.29) is 5.91 Å². The Morgan fingerprint density at radius 1 is 1.07 bits per heavy atom. The van der Waals surface area contributed by atoms with Gasteiger partial charge >= 0.3 is 0 Å². The fourth-order valence-electron chi connectivity index (χ4n) is 5.09. The van der Waals surface area contributed by atoms with Crippen LogP contribution < -0.4 is 10.2 Å². The van der Waals surface area contributed by atoms with Crippen molar-refractivity contribution in [2.45, 2.75) is 52.4 Å². The van der Waals surface area contributed by atoms with Crippen LogP contribution in [0.5, 0.6) is 0 Å². The molecular formula is C25H41N3O2. The summed E-state index contributed by atoms with van der Waals surface area (Å²) in [5.41, 5.74) is 3.38. The molecule has 0 unspecified atom stereocenters. The summed E-state index contributed by atoms with van der Waals surface area (Å²) in [6.07, 6.45) is 5.30. The molecule has 1 aliphatic carbocycles. The quantitative estimate of drug-likeness (QED) is 0.686. The number of rotatable bonds is 7. The van der Waals surface area contributed by atoms with Crippen LogP contribution in [0.2, 0.25) is 0 Å². The fraction of sp³-hybridized carbons (Fsp3) is 0.720. The van der Waals surface area contributed by atoms with E-state index in [1.54, 1.807) is 7.11 Å². The molecule has 2 aliphatic rings. The highest BCUT2D eigenvalue weighted by molar-refractivity contribution is 5.78. The average Bonchev–Trinajstić information content (AvgIpc) is 2.74. The van der Waals surface area contributed by atoms with Gasteiger partial charge in [-0.05, 0) is 54.6 Å². The fourth-order valence-corrected chi connectivity index (χ4v) is 5.09. The predicted octanol–water partition coefficient (Wildman–Crippen LogP) is 3.89. The van der Waals surface area contributed by atoms with Crippen molar-refractivity contribution in [1.82, 2.24) is 10.2 Å². The summed E-state index contributed by atoms with van der Waals surface area (Å²) in [5, 5.41) is 2.92. The maximum absolute atomic E-state index is 12.1. The zero-order valence-electron chi connectivity index (χ0n) is 19.5. The Hall–Kier alpha value is -1.59. The van der Waals surface area contributed by atoms with Crippen molar-refractivity contribution in [2.24, 2.45) is 11.3 Å². The van der Waals surface area contributed by atoms with Crippen LogP contribution in [0.4, 0.5) is 5.69 Å². The maximum Gasteiger partial charge on any atom is 0.234 e. The van der Waals surface area contributed by atoms with E-state index in [9.17, 15) is 4.79 Å². The molecular weight excluding hydrogens is 374 g/mol. The molecule has 0 atom stereocenters. The van der Waals surface area contributed by atoms with Gasteiger partial charge < -0.3 is 15.0 Å². The molecule has 30 heavy (non-hydrogen) atoms. The van der Waals surface area contributed by atoms with Gasteiger partial charge in [-0.25, -0.2) is 0 Å². The zero-order valence-corrected chi connectivity index (χ0v) is 19.5. The largest absolute Gasteiger partial charge is 0.383 e. The standard InChI is InChI=1S/C25H41N3O2/c1-25(2,3)21-11-9-20(10-12-21)22-7-5-6-8-23(22)28-16-14-27(15-17-28)19-24(29)26-13-18-30-4/h5-8,20-21H,9-19H2,1-4H3,(H,26,29). The van der Waals surface area contributed by atoms with E-state index < -0.39 is 0 Å². The van der Waals surface area contributed by atoms with Crippen LogP contribution in [-0.4, -0.2) is 63.8 Å². The van der Waals surface area contributed by atoms with Gasteiger partial charge in [-0.2, -0.15) is 0 Å². The van der Waals surface area contributed by atoms with Crippen LogP contribution in [0.1, 0.15) is 57.9 Å². The molecule has 5 nitrogen and oxygen atoms in total. The van der Waals surface area contributed by atoms with Crippen LogP contribution in [0.15, 0.2) is 24.3 Å². The van der Waals surface area contributed by atoms with E-state index in [0.29, 0.717) is 31.0 Å². The summed E-state index contributed by atoms with van der Waals surface area (Å²) < 4.78 is 4.99. The minimum atomic E-state index is 0.0940. The molecule has 3 rings (SSSR count). The molecule has 0 aromatic heterocycles. The molecule has 1 aromatic carbocycles. The van der Waals surface area contributed by atoms with Crippen molar-refractivity contribution in [3.8, 4) is 0 Å². The van der Waals surface area contributed by atoms with E-state index in [2.05, 4.69) is 60.2 Å². The van der Waals surface area contributed by atoms with E-state index in [1.807, 2.05) is 0 Å². The lowest BCUT2D eigenvalue weighted by Crippen LogP contribution is -2.50. The molecule has 168 valence electrons. The lowest BCUT2D eigenvalue weighted by atomic mass is 9.68. The van der Waals surface area contributed by atoms with Gasteiger partial charge in [0.15, 0.2) is 0 Å². The Morgan fingerprint density at radius 2 is 1.73 bits per heavy atom. The number of carbonyl (C=O) groups is 1. The highest BCUT2D eigenvalue weighted by atomic mass is 16.5. The highest BCUT2D eigenvalue weighted by Gasteiger charge is 2.31. The van der Waals surface area contributed by atoms with Crippen molar-refractivity contribution >= 4 is 11.6 Å². The Kier molecular flexibility index (Phi) is 8.18. The predicted molar refractivity (Wildman–Crippen MR) is 124 cm³/mol. The monoisotopic (exact) mass is 415 g/mol. The molecule has 1 heterocycles. The highest BCUT2D eigenvalue weighted by Crippen LogP contribution is 2.45. The summed E-state index contributed by atoms with van der Waals surface area (Å²) in [7, 11) is 1.65. The normalized spacial score (nSPS) is 23.4. The van der Waals surface area contributed by atoms with E-state index >= 15 is 0 Å². The average molecular weight is 416 g/mol. The molecule has 1 N–H and O–H groups in total. The Morgan fingerprint density at radius 3 is 2.37 bits per heavy atom. The van der Waals surface area contributed by atoms with E-state index in [1.165, 1.54) is 36.9 Å². The minimum Gasteiger partial charge on any atom is -0.383 e. The van der Waals surface area contributed by atoms with Crippen LogP contribution in [-0.2, 0) is 9.53 Å². The SMILES string of the molecule is COCCNC(=O)CN1CCN(c2ccccc2C2CCC(C(C)(C)C)CC2)CC1. The summed E-state index contributed by atoms with van der Waals surface area (Å²) >= 11 is 0. The summed E-state index contributed by atoms with van der Waals surface area (Å²) in [4.78, 5) is 16.9. The molecule has 1 saturated carbocycles. The first-order chi connectivity index (χ1) is 14.4. The number of piperazine rings is 1. The number of nitrogens with one attached hydrogen (secondary N) is 1. The molecule has 5 heteroatoms. The number of ether oxygens (including phenoxy) is 1. The number of amides is 1. The molecule has 0 radical (unpaired) electrons. The van der Waals surface area contributed by atoms with Crippen molar-refractivity contribution in [3.63, 3.8) is 0 Å². The van der Waals surface area contributed by atoms with Crippen LogP contribution in [0.3, 0.4) is 0 Å². The number of hydrogen-bond acceptors (Lipinski definition) is 4. The summed E-state index contributed by atoms with van der Waals surface area (Å²) in [6.45, 7) is 12.6. The summed E-state index contributed by atoms with van der Waals surface area (Å²) in [6, 6.07) is 9.04. The second kappa shape index (κ2) is 10.6. The lowest BCUT2D eigenvalue weighted by Gasteiger charge is -2.40. The van der Waals surface area contributed by atoms with Crippen LogP contribution in [0, 0.1) is 11.3 Å². The number of nitrogens with zero attached hydrogens (tertiary/aromatic N) is 2. The van der Waals surface area contributed by atoms with Crippen LogP contribution >= 0.6 is 0 Å². The smallest absolute Gasteiger partial charge is 0.234 e. The number of benzene rings is 1. The number of hydrogen-bond donors (Lipinski definition) is 1. The van der Waals surface area contributed by atoms with Crippen LogP contribution in [0.25, 0.3) is 0 Å². The van der Waals surface area contributed by atoms with Gasteiger partial charge in [0.25, 0.3) is 0 Å². The van der Waals surface area contributed by atoms with Gasteiger partial charge in [0.1, 0.15) is 0 Å². The third-order valence-electron chi connectivity index (χ3n) is 7.04. The van der Waals surface area contributed by atoms with Gasteiger partial charge in [-0.3, -0.25) is 9.69 Å². The number of methoxy groups -OCH3 is 1. The van der Waals surface area contributed by atoms with E-state index in [0.717, 1.165) is 32.1 Å². The van der Waals surface area contributed by atoms with Gasteiger partial charge in [0, 0.05) is 45.5 Å². The van der Waals surface area contributed by atoms with Crippen molar-refractivity contribution in [3.05, 3.63) is 29.8 Å². The first-order valence-electron chi connectivity index (χ1n) is 11.7. The molecule has 1 amide bonds. The third kappa shape index (κ3) is 6.21. The summed E-state index contributed by atoms with van der Waals surface area (Å²) in [5.74, 6) is 1.63. The molecule has 2 fully saturated rings. The van der Waals surface area contributed by atoms with Crippen molar-refractivity contribution < 1.29 is 9.53 Å². The first kappa shape index (κ1) is 23.1. The van der Waals surface area contributed by atoms with Gasteiger partial charge in [-0.1, -0.05) is 39.0 Å². The Bertz CT molecular complexity index is 669. The number of para-hydroxylation sites is 1. The van der Waals surface area contributed by atoms with Gasteiger partial charge in [-0.15, -0.1) is 0 Å². The third-order valence-corrected chi connectivity index (χ3v) is 7.04. The van der Waals surface area contributed by atoms with Crippen molar-refractivity contribution in [2.75, 3.05) is 57.9 Å². The first-order valence-corrected chi connectivity index (χ1v) is 11.7. The second-order valence-corrected chi connectivity index (χ2v) is 10.1. The maximum atomic E-state index is 12.1. The zero-order chi connectivity index (χ0) is 21.6. The molecule has 0 bridgehead atoms. The molecule has 1 aliphatic heterocycles. The van der Waals surface area contributed by atoms with Gasteiger partial charge in [0.05, 0.1) is 13.2 Å². The van der Waals surface area contributed by atoms with Gasteiger partial charge in [0.2, 0.25) is 5.91 Å². The molecule has 1 aromatic rings. The van der Waals surface area contributed by atoms with E-state index in [4.69, 9.17) is 4.74 Å². The number of anilines is 1. The number of carbonyl (C=O) groups excluding carboxylic acids is 1. The topological polar surface area (TPSA) is 44.8 Å². The molecule has 1 saturated heterocycles. The van der Waals surface area contributed by atoms with Crippen molar-refractivity contribution in [1.29, 1.82) is 0 Å². The second-order valence-electron chi connectivity index (χ2n) is 10.1. The molecule has 0 spiro atoms.